The zero-order valence-corrected chi connectivity index (χ0v) is 15.3. The lowest BCUT2D eigenvalue weighted by molar-refractivity contribution is -0.132. The number of amides is 2. The van der Waals surface area contributed by atoms with E-state index in [1.807, 2.05) is 24.8 Å². The fourth-order valence-corrected chi connectivity index (χ4v) is 4.86. The van der Waals surface area contributed by atoms with Crippen LogP contribution >= 0.6 is 11.8 Å². The molecule has 1 saturated carbocycles. The summed E-state index contributed by atoms with van der Waals surface area (Å²) in [6, 6.07) is 6.21. The highest BCUT2D eigenvalue weighted by Gasteiger charge is 2.26. The first kappa shape index (κ1) is 17.3. The molecule has 130 valence electrons. The number of hydrogen-bond donors (Lipinski definition) is 1. The van der Waals surface area contributed by atoms with Crippen molar-refractivity contribution >= 4 is 23.6 Å². The van der Waals surface area contributed by atoms with E-state index in [0.29, 0.717) is 18.2 Å². The summed E-state index contributed by atoms with van der Waals surface area (Å²) in [4.78, 5) is 27.2. The van der Waals surface area contributed by atoms with Crippen LogP contribution < -0.4 is 5.32 Å². The Morgan fingerprint density at radius 2 is 2.00 bits per heavy atom. The fourth-order valence-electron chi connectivity index (χ4n) is 3.50. The molecule has 0 spiro atoms. The van der Waals surface area contributed by atoms with Crippen LogP contribution in [-0.4, -0.2) is 41.6 Å². The van der Waals surface area contributed by atoms with Gasteiger partial charge in [-0.3, -0.25) is 9.59 Å². The summed E-state index contributed by atoms with van der Waals surface area (Å²) >= 11 is 1.85. The van der Waals surface area contributed by atoms with E-state index in [1.54, 1.807) is 11.9 Å². The maximum absolute atomic E-state index is 12.8. The van der Waals surface area contributed by atoms with Crippen LogP contribution in [0, 0.1) is 6.92 Å². The summed E-state index contributed by atoms with van der Waals surface area (Å²) < 4.78 is 0. The van der Waals surface area contributed by atoms with Gasteiger partial charge >= 0.3 is 0 Å². The Hall–Kier alpha value is -1.49. The van der Waals surface area contributed by atoms with Gasteiger partial charge in [0.25, 0.3) is 5.91 Å². The lowest BCUT2D eigenvalue weighted by Gasteiger charge is -2.30. The Kier molecular flexibility index (Phi) is 5.49. The van der Waals surface area contributed by atoms with E-state index < -0.39 is 0 Å². The minimum atomic E-state index is -0.00746. The summed E-state index contributed by atoms with van der Waals surface area (Å²) in [7, 11) is 1.80. The fraction of sp³-hybridized carbons (Fsp3) is 0.579. The Balaban J connectivity index is 1.71. The summed E-state index contributed by atoms with van der Waals surface area (Å²) in [6.45, 7) is 2.62. The molecule has 1 heterocycles. The van der Waals surface area contributed by atoms with Gasteiger partial charge in [0.15, 0.2) is 0 Å². The van der Waals surface area contributed by atoms with Crippen molar-refractivity contribution in [2.45, 2.75) is 61.6 Å². The van der Waals surface area contributed by atoms with E-state index in [1.165, 1.54) is 25.7 Å². The number of aryl methyl sites for hydroxylation is 1. The number of piperidine rings is 1. The third-order valence-corrected chi connectivity index (χ3v) is 6.35. The molecule has 0 aromatic heterocycles. The number of carbonyl (C=O) groups is 2. The smallest absolute Gasteiger partial charge is 0.252 e. The van der Waals surface area contributed by atoms with Gasteiger partial charge in [-0.1, -0.05) is 24.5 Å². The van der Waals surface area contributed by atoms with Crippen LogP contribution in [0.15, 0.2) is 23.1 Å². The normalized spacial score (nSPS) is 22.0. The SMILES string of the molecule is Cc1ccc(SC2CCCC2)c(C(=O)N[C@H]2CCC(=O)N(C)C2)c1. The van der Waals surface area contributed by atoms with Crippen molar-refractivity contribution in [3.05, 3.63) is 29.3 Å². The van der Waals surface area contributed by atoms with Crippen molar-refractivity contribution in [3.63, 3.8) is 0 Å². The van der Waals surface area contributed by atoms with Gasteiger partial charge in [0.1, 0.15) is 0 Å². The maximum Gasteiger partial charge on any atom is 0.252 e. The standard InChI is InChI=1S/C19H26N2O2S/c1-13-7-9-17(24-15-5-3-4-6-15)16(11-13)19(23)20-14-8-10-18(22)21(2)12-14/h7,9,11,14-15H,3-6,8,10,12H2,1-2H3,(H,20,23)/t14-/m0/s1. The number of carbonyl (C=O) groups excluding carboxylic acids is 2. The zero-order chi connectivity index (χ0) is 17.1. The quantitative estimate of drug-likeness (QED) is 0.909. The molecule has 1 aromatic rings. The molecule has 1 aliphatic heterocycles. The van der Waals surface area contributed by atoms with Crippen LogP contribution in [0.3, 0.4) is 0 Å². The predicted molar refractivity (Wildman–Crippen MR) is 97.4 cm³/mol. The van der Waals surface area contributed by atoms with Crippen LogP contribution in [0.5, 0.6) is 0 Å². The van der Waals surface area contributed by atoms with Crippen molar-refractivity contribution in [1.82, 2.24) is 10.2 Å². The first-order chi connectivity index (χ1) is 11.5. The molecule has 2 aliphatic rings. The number of likely N-dealkylation sites (N-methyl/N-ethyl adjacent to an activating group) is 1. The van der Waals surface area contributed by atoms with Crippen molar-refractivity contribution in [3.8, 4) is 0 Å². The van der Waals surface area contributed by atoms with Crippen LogP contribution in [0.25, 0.3) is 0 Å². The Labute approximate surface area is 148 Å². The second kappa shape index (κ2) is 7.60. The highest BCUT2D eigenvalue weighted by molar-refractivity contribution is 8.00. The topological polar surface area (TPSA) is 49.4 Å². The van der Waals surface area contributed by atoms with E-state index in [-0.39, 0.29) is 17.9 Å². The molecule has 3 rings (SSSR count). The van der Waals surface area contributed by atoms with E-state index in [4.69, 9.17) is 0 Å². The molecule has 24 heavy (non-hydrogen) atoms. The van der Waals surface area contributed by atoms with Crippen molar-refractivity contribution in [2.24, 2.45) is 0 Å². The summed E-state index contributed by atoms with van der Waals surface area (Å²) in [5.74, 6) is 0.153. The molecule has 1 N–H and O–H groups in total. The molecular weight excluding hydrogens is 320 g/mol. The van der Waals surface area contributed by atoms with Gasteiger partial charge in [-0.2, -0.15) is 0 Å². The predicted octanol–water partition coefficient (Wildman–Crippen LogP) is 3.38. The number of thioether (sulfide) groups is 1. The van der Waals surface area contributed by atoms with Crippen LogP contribution in [0.1, 0.15) is 54.4 Å². The number of nitrogens with zero attached hydrogens (tertiary/aromatic N) is 1. The molecule has 0 bridgehead atoms. The Morgan fingerprint density at radius 3 is 2.71 bits per heavy atom. The second-order valence-electron chi connectivity index (χ2n) is 7.01. The zero-order valence-electron chi connectivity index (χ0n) is 14.5. The third-order valence-electron chi connectivity index (χ3n) is 4.94. The number of hydrogen-bond acceptors (Lipinski definition) is 3. The monoisotopic (exact) mass is 346 g/mol. The number of benzene rings is 1. The molecule has 2 amide bonds. The second-order valence-corrected chi connectivity index (χ2v) is 8.35. The van der Waals surface area contributed by atoms with Crippen molar-refractivity contribution < 1.29 is 9.59 Å². The maximum atomic E-state index is 12.8. The van der Waals surface area contributed by atoms with Gasteiger partial charge < -0.3 is 10.2 Å². The third kappa shape index (κ3) is 4.12. The highest BCUT2D eigenvalue weighted by Crippen LogP contribution is 2.36. The molecule has 0 unspecified atom stereocenters. The van der Waals surface area contributed by atoms with Gasteiger partial charge in [-0.25, -0.2) is 0 Å². The molecule has 1 aromatic carbocycles. The number of likely N-dealkylation sites (tertiary alicyclic amines) is 1. The molecule has 2 fully saturated rings. The van der Waals surface area contributed by atoms with Crippen LogP contribution in [0.4, 0.5) is 0 Å². The van der Waals surface area contributed by atoms with E-state index in [2.05, 4.69) is 17.4 Å². The average molecular weight is 346 g/mol. The molecule has 1 aliphatic carbocycles. The summed E-state index contributed by atoms with van der Waals surface area (Å²) in [5, 5.41) is 3.77. The van der Waals surface area contributed by atoms with Gasteiger partial charge in [0.2, 0.25) is 5.91 Å². The molecule has 1 saturated heterocycles. The number of rotatable bonds is 4. The van der Waals surface area contributed by atoms with E-state index in [0.717, 1.165) is 22.4 Å². The van der Waals surface area contributed by atoms with E-state index >= 15 is 0 Å². The highest BCUT2D eigenvalue weighted by atomic mass is 32.2. The lowest BCUT2D eigenvalue weighted by Crippen LogP contribution is -2.48. The molecule has 4 nitrogen and oxygen atoms in total. The van der Waals surface area contributed by atoms with Gasteiger partial charge in [0.05, 0.1) is 5.56 Å². The molecule has 0 radical (unpaired) electrons. The largest absolute Gasteiger partial charge is 0.347 e. The molecule has 5 heteroatoms. The van der Waals surface area contributed by atoms with E-state index in [9.17, 15) is 9.59 Å². The Morgan fingerprint density at radius 1 is 1.25 bits per heavy atom. The molecule has 1 atom stereocenters. The van der Waals surface area contributed by atoms with Crippen LogP contribution in [-0.2, 0) is 4.79 Å². The molecular formula is C19H26N2O2S. The Bertz CT molecular complexity index is 626. The minimum absolute atomic E-state index is 0.00746. The first-order valence-electron chi connectivity index (χ1n) is 8.85. The number of nitrogens with one attached hydrogen (secondary N) is 1. The van der Waals surface area contributed by atoms with Gasteiger partial charge in [-0.15, -0.1) is 11.8 Å². The minimum Gasteiger partial charge on any atom is -0.347 e. The van der Waals surface area contributed by atoms with Crippen molar-refractivity contribution in [1.29, 1.82) is 0 Å². The first-order valence-corrected chi connectivity index (χ1v) is 9.73. The van der Waals surface area contributed by atoms with Crippen molar-refractivity contribution in [2.75, 3.05) is 13.6 Å². The summed E-state index contributed by atoms with van der Waals surface area (Å²) in [5.41, 5.74) is 1.89. The van der Waals surface area contributed by atoms with Crippen LogP contribution in [0.2, 0.25) is 0 Å². The lowest BCUT2D eigenvalue weighted by atomic mass is 10.0. The van der Waals surface area contributed by atoms with Gasteiger partial charge in [-0.05, 0) is 38.3 Å². The van der Waals surface area contributed by atoms with Gasteiger partial charge in [0, 0.05) is 36.2 Å². The summed E-state index contributed by atoms with van der Waals surface area (Å²) in [6.07, 6.45) is 6.33. The average Bonchev–Trinajstić information content (AvgIpc) is 3.05.